The summed E-state index contributed by atoms with van der Waals surface area (Å²) in [6.45, 7) is 1.80. The molecule has 0 bridgehead atoms. The highest BCUT2D eigenvalue weighted by Crippen LogP contribution is 2.25. The molecule has 0 amide bonds. The quantitative estimate of drug-likeness (QED) is 0.533. The standard InChI is InChI=1S/C16H16N6S/c1(7-22-8-5-17-11-22)4-19-16-20-13-3-2-12(10-14(13)21-16)15-18-6-9-23-15/h2-3,5-6,8-11H,1,4,7H2,(H2,19,20,21). The Morgan fingerprint density at radius 3 is 3.09 bits per heavy atom. The first-order chi connectivity index (χ1) is 11.4. The van der Waals surface area contributed by atoms with Crippen LogP contribution in [0.2, 0.25) is 0 Å². The van der Waals surface area contributed by atoms with Crippen molar-refractivity contribution in [1.82, 2.24) is 24.5 Å². The number of nitrogens with zero attached hydrogens (tertiary/aromatic N) is 4. The van der Waals surface area contributed by atoms with Gasteiger partial charge in [0.2, 0.25) is 5.95 Å². The number of anilines is 1. The topological polar surface area (TPSA) is 71.4 Å². The van der Waals surface area contributed by atoms with Crippen LogP contribution in [0.15, 0.2) is 48.5 Å². The van der Waals surface area contributed by atoms with E-state index in [0.29, 0.717) is 0 Å². The lowest BCUT2D eigenvalue weighted by atomic mass is 10.2. The Hall–Kier alpha value is -2.67. The molecule has 0 aliphatic rings. The van der Waals surface area contributed by atoms with Crippen LogP contribution in [0.4, 0.5) is 5.95 Å². The van der Waals surface area contributed by atoms with Crippen LogP contribution in [0.5, 0.6) is 0 Å². The molecule has 0 fully saturated rings. The summed E-state index contributed by atoms with van der Waals surface area (Å²) >= 11 is 1.64. The molecule has 23 heavy (non-hydrogen) atoms. The summed E-state index contributed by atoms with van der Waals surface area (Å²) in [6, 6.07) is 6.18. The van der Waals surface area contributed by atoms with E-state index in [4.69, 9.17) is 0 Å². The molecular formula is C16H16N6S. The van der Waals surface area contributed by atoms with E-state index in [9.17, 15) is 0 Å². The number of hydrogen-bond acceptors (Lipinski definition) is 5. The number of aromatic nitrogens is 5. The van der Waals surface area contributed by atoms with E-state index >= 15 is 0 Å². The minimum Gasteiger partial charge on any atom is -0.356 e. The molecule has 6 nitrogen and oxygen atoms in total. The number of H-pyrrole nitrogens is 1. The molecule has 0 radical (unpaired) electrons. The van der Waals surface area contributed by atoms with E-state index in [-0.39, 0.29) is 0 Å². The zero-order valence-electron chi connectivity index (χ0n) is 12.4. The van der Waals surface area contributed by atoms with Crippen LogP contribution >= 0.6 is 11.3 Å². The molecule has 0 saturated carbocycles. The summed E-state index contributed by atoms with van der Waals surface area (Å²) in [7, 11) is 0. The molecule has 7 heteroatoms. The molecule has 0 aliphatic carbocycles. The van der Waals surface area contributed by atoms with Crippen molar-refractivity contribution < 1.29 is 0 Å². The van der Waals surface area contributed by atoms with Gasteiger partial charge in [0, 0.05) is 42.6 Å². The first kappa shape index (κ1) is 14.0. The fourth-order valence-corrected chi connectivity index (χ4v) is 3.12. The van der Waals surface area contributed by atoms with Gasteiger partial charge in [0.25, 0.3) is 0 Å². The number of thiazole rings is 1. The molecule has 0 saturated heterocycles. The Labute approximate surface area is 137 Å². The first-order valence-electron chi connectivity index (χ1n) is 7.48. The molecule has 2 N–H and O–H groups in total. The summed E-state index contributed by atoms with van der Waals surface area (Å²) in [5.74, 6) is 0.807. The molecule has 4 aromatic rings. The Kier molecular flexibility index (Phi) is 3.77. The van der Waals surface area contributed by atoms with Crippen LogP contribution in [-0.2, 0) is 6.54 Å². The van der Waals surface area contributed by atoms with E-state index in [1.165, 1.54) is 0 Å². The molecular weight excluding hydrogens is 308 g/mol. The predicted octanol–water partition coefficient (Wildman–Crippen LogP) is 3.39. The van der Waals surface area contributed by atoms with Crippen molar-refractivity contribution in [2.24, 2.45) is 0 Å². The Balaban J connectivity index is 1.42. The number of aromatic amines is 1. The van der Waals surface area contributed by atoms with Gasteiger partial charge in [-0.1, -0.05) is 0 Å². The highest BCUT2D eigenvalue weighted by atomic mass is 32.1. The molecule has 3 heterocycles. The lowest BCUT2D eigenvalue weighted by molar-refractivity contribution is 0.659. The van der Waals surface area contributed by atoms with Gasteiger partial charge in [-0.3, -0.25) is 0 Å². The zero-order valence-corrected chi connectivity index (χ0v) is 13.3. The summed E-state index contributed by atoms with van der Waals surface area (Å²) in [5.41, 5.74) is 3.10. The zero-order chi connectivity index (χ0) is 15.5. The predicted molar refractivity (Wildman–Crippen MR) is 92.5 cm³/mol. The van der Waals surface area contributed by atoms with Gasteiger partial charge in [-0.15, -0.1) is 11.3 Å². The first-order valence-corrected chi connectivity index (χ1v) is 8.36. The van der Waals surface area contributed by atoms with Crippen LogP contribution in [0.25, 0.3) is 21.6 Å². The molecule has 0 aliphatic heterocycles. The maximum absolute atomic E-state index is 4.57. The van der Waals surface area contributed by atoms with E-state index in [2.05, 4.69) is 42.0 Å². The molecule has 0 atom stereocenters. The van der Waals surface area contributed by atoms with Gasteiger partial charge < -0.3 is 14.9 Å². The average Bonchev–Trinajstić information content (AvgIpc) is 3.31. The third kappa shape index (κ3) is 3.09. The fourth-order valence-electron chi connectivity index (χ4n) is 2.48. The van der Waals surface area contributed by atoms with Crippen LogP contribution in [0, 0.1) is 0 Å². The highest BCUT2D eigenvalue weighted by molar-refractivity contribution is 7.13. The molecule has 0 unspecified atom stereocenters. The third-order valence-corrected chi connectivity index (χ3v) is 4.43. The van der Waals surface area contributed by atoms with Gasteiger partial charge in [-0.05, 0) is 24.6 Å². The van der Waals surface area contributed by atoms with Crippen molar-refractivity contribution in [2.45, 2.75) is 13.0 Å². The maximum Gasteiger partial charge on any atom is 0.201 e. The van der Waals surface area contributed by atoms with Gasteiger partial charge in [0.15, 0.2) is 0 Å². The number of hydrogen-bond donors (Lipinski definition) is 2. The van der Waals surface area contributed by atoms with Crippen molar-refractivity contribution in [1.29, 1.82) is 0 Å². The van der Waals surface area contributed by atoms with E-state index in [1.54, 1.807) is 17.5 Å². The smallest absolute Gasteiger partial charge is 0.201 e. The van der Waals surface area contributed by atoms with Gasteiger partial charge in [0.05, 0.1) is 17.4 Å². The number of aryl methyl sites for hydroxylation is 1. The normalized spacial score (nSPS) is 11.1. The minimum absolute atomic E-state index is 0.807. The van der Waals surface area contributed by atoms with E-state index in [0.717, 1.165) is 47.1 Å². The lowest BCUT2D eigenvalue weighted by Gasteiger charge is -2.03. The third-order valence-electron chi connectivity index (χ3n) is 3.61. The van der Waals surface area contributed by atoms with Gasteiger partial charge in [-0.25, -0.2) is 15.0 Å². The average molecular weight is 324 g/mol. The van der Waals surface area contributed by atoms with Crippen molar-refractivity contribution >= 4 is 28.3 Å². The lowest BCUT2D eigenvalue weighted by Crippen LogP contribution is -2.06. The molecule has 3 aromatic heterocycles. The minimum atomic E-state index is 0.807. The SMILES string of the molecule is c1cn(CCCNc2nc3ccc(-c4nccs4)cc3[nH]2)cn1. The Morgan fingerprint density at radius 1 is 1.26 bits per heavy atom. The summed E-state index contributed by atoms with van der Waals surface area (Å²) in [6.07, 6.45) is 8.44. The maximum atomic E-state index is 4.57. The molecule has 116 valence electrons. The second-order valence-corrected chi connectivity index (χ2v) is 6.13. The van der Waals surface area contributed by atoms with Crippen molar-refractivity contribution in [2.75, 3.05) is 11.9 Å². The van der Waals surface area contributed by atoms with Crippen LogP contribution in [0.3, 0.4) is 0 Å². The van der Waals surface area contributed by atoms with Gasteiger partial charge in [-0.2, -0.15) is 0 Å². The fraction of sp³-hybridized carbons (Fsp3) is 0.188. The van der Waals surface area contributed by atoms with Crippen molar-refractivity contribution in [3.8, 4) is 10.6 Å². The number of imidazole rings is 2. The van der Waals surface area contributed by atoms with Gasteiger partial charge >= 0.3 is 0 Å². The van der Waals surface area contributed by atoms with Crippen molar-refractivity contribution in [3.63, 3.8) is 0 Å². The number of nitrogens with one attached hydrogen (secondary N) is 2. The summed E-state index contributed by atoms with van der Waals surface area (Å²) < 4.78 is 2.07. The molecule has 1 aromatic carbocycles. The number of benzene rings is 1. The molecule has 0 spiro atoms. The second-order valence-electron chi connectivity index (χ2n) is 5.24. The van der Waals surface area contributed by atoms with Crippen LogP contribution in [0.1, 0.15) is 6.42 Å². The highest BCUT2D eigenvalue weighted by Gasteiger charge is 2.06. The van der Waals surface area contributed by atoms with Crippen LogP contribution < -0.4 is 5.32 Å². The molecule has 4 rings (SSSR count). The van der Waals surface area contributed by atoms with Crippen molar-refractivity contribution in [3.05, 3.63) is 48.5 Å². The number of rotatable bonds is 6. The summed E-state index contributed by atoms with van der Waals surface area (Å²) in [5, 5.41) is 6.35. The second kappa shape index (κ2) is 6.21. The van der Waals surface area contributed by atoms with E-state index in [1.807, 2.05) is 30.2 Å². The Morgan fingerprint density at radius 2 is 2.26 bits per heavy atom. The van der Waals surface area contributed by atoms with Gasteiger partial charge in [0.1, 0.15) is 5.01 Å². The largest absolute Gasteiger partial charge is 0.356 e. The Bertz CT molecular complexity index is 879. The van der Waals surface area contributed by atoms with E-state index < -0.39 is 0 Å². The summed E-state index contributed by atoms with van der Waals surface area (Å²) in [4.78, 5) is 16.3. The number of fused-ring (bicyclic) bond motifs is 1. The monoisotopic (exact) mass is 324 g/mol. The van der Waals surface area contributed by atoms with Crippen LogP contribution in [-0.4, -0.2) is 31.0 Å².